The molecule has 28 heteroatoms. The molecule has 0 fully saturated rings. The van der Waals surface area contributed by atoms with Crippen molar-refractivity contribution in [3.05, 3.63) is 59.7 Å². The van der Waals surface area contributed by atoms with E-state index in [-0.39, 0.29) is 150 Å². The summed E-state index contributed by atoms with van der Waals surface area (Å²) in [5.74, 6) is -3.22. The third kappa shape index (κ3) is 65.7. The monoisotopic (exact) mass is 1620 g/mol. The predicted octanol–water partition coefficient (Wildman–Crippen LogP) is 11.6. The summed E-state index contributed by atoms with van der Waals surface area (Å²) in [5.41, 5.74) is -0.150. The Kier molecular flexibility index (Phi) is 75.1. The maximum atomic E-state index is 13.7. The van der Waals surface area contributed by atoms with Gasteiger partial charge in [-0.2, -0.15) is 0 Å². The minimum Gasteiger partial charge on any atom is -1.00 e. The summed E-state index contributed by atoms with van der Waals surface area (Å²) >= 11 is 0. The molecule has 0 bridgehead atoms. The van der Waals surface area contributed by atoms with Crippen LogP contribution in [0.1, 0.15) is 348 Å². The predicted molar refractivity (Wildman–Crippen MR) is 430 cm³/mol. The molecule has 1 rings (SSSR count). The minimum absolute atomic E-state index is 0. The molecule has 24 nitrogen and oxygen atoms in total. The summed E-state index contributed by atoms with van der Waals surface area (Å²) in [7, 11) is -9.68. The van der Waals surface area contributed by atoms with Crippen molar-refractivity contribution < 1.29 is 157 Å². The molecule has 0 saturated carbocycles. The van der Waals surface area contributed by atoms with Gasteiger partial charge in [0.05, 0.1) is 87.9 Å². The van der Waals surface area contributed by atoms with E-state index in [1.54, 1.807) is 0 Å². The van der Waals surface area contributed by atoms with Crippen LogP contribution in [0.4, 0.5) is 0 Å². The van der Waals surface area contributed by atoms with Crippen LogP contribution in [-0.2, 0) is 65.4 Å². The number of allylic oxidation sites excluding steroid dienone is 4. The molecule has 4 unspecified atom stereocenters. The topological polar surface area (TPSA) is 339 Å². The molecule has 110 heavy (non-hydrogen) atoms. The molecule has 0 aliphatic heterocycles. The van der Waals surface area contributed by atoms with E-state index >= 15 is 0 Å². The van der Waals surface area contributed by atoms with Gasteiger partial charge >= 0.3 is 86.7 Å². The number of phosphoric ester groups is 2. The number of hydrogen-bond acceptors (Lipinski definition) is 18. The summed E-state index contributed by atoms with van der Waals surface area (Å²) in [6.07, 6.45) is 43.3. The molecule has 8 atom stereocenters. The van der Waals surface area contributed by atoms with E-state index in [4.69, 9.17) is 37.0 Å². The van der Waals surface area contributed by atoms with Crippen molar-refractivity contribution in [3.63, 3.8) is 0 Å². The Morgan fingerprint density at radius 3 is 1.05 bits per heavy atom. The maximum absolute atomic E-state index is 13.7. The van der Waals surface area contributed by atoms with Crippen LogP contribution in [0, 0.1) is 0 Å². The number of ether oxygens (including phenoxy) is 4. The minimum atomic E-state index is -4.84. The number of aliphatic hydroxyl groups is 2. The van der Waals surface area contributed by atoms with Crippen molar-refractivity contribution in [2.45, 2.75) is 361 Å². The molecule has 0 heterocycles. The summed E-state index contributed by atoms with van der Waals surface area (Å²) in [6, 6.07) is 3.89. The van der Waals surface area contributed by atoms with Gasteiger partial charge in [-0.05, 0) is 115 Å². The van der Waals surface area contributed by atoms with E-state index in [1.807, 2.05) is 0 Å². The third-order valence-corrected chi connectivity index (χ3v) is 20.4. The second-order valence-corrected chi connectivity index (χ2v) is 31.6. The van der Waals surface area contributed by atoms with Gasteiger partial charge in [0.2, 0.25) is 11.8 Å². The van der Waals surface area contributed by atoms with Gasteiger partial charge in [-0.25, -0.2) is 9.13 Å². The molecule has 1 aromatic rings. The number of esters is 2. The maximum Gasteiger partial charge on any atom is 1.00 e. The normalized spacial score (nSPS) is 14.3. The number of aliphatic hydroxyl groups excluding tert-OH is 2. The fourth-order valence-electron chi connectivity index (χ4n) is 12.0. The van der Waals surface area contributed by atoms with Crippen LogP contribution in [0.25, 0.3) is 0 Å². The molecule has 0 saturated heterocycles. The summed E-state index contributed by atoms with van der Waals surface area (Å²) < 4.78 is 71.3. The molecule has 1 aromatic carbocycles. The molecule has 0 aromatic heterocycles. The molecule has 4 amide bonds. The van der Waals surface area contributed by atoms with Crippen LogP contribution < -0.4 is 80.4 Å². The largest absolute Gasteiger partial charge is 1.00 e. The number of hydrogen-bond donors (Lipinski definition) is 8. The van der Waals surface area contributed by atoms with Gasteiger partial charge in [0.15, 0.2) is 0 Å². The van der Waals surface area contributed by atoms with Crippen molar-refractivity contribution in [3.8, 4) is 0 Å². The van der Waals surface area contributed by atoms with Crippen LogP contribution in [0.3, 0.4) is 0 Å². The van der Waals surface area contributed by atoms with Crippen molar-refractivity contribution >= 4 is 51.2 Å². The average Bonchev–Trinajstić information content (AvgIpc) is 0.843. The molecule has 0 aliphatic carbocycles. The average molecular weight is 1620 g/mol. The second-order valence-electron chi connectivity index (χ2n) is 28.7. The standard InChI is InChI=1S/C82H148N4O20P2.2Na.2H/c1-7-13-19-25-27-29-31-37-43-53-79(91)105-73(49-41-35-23-17-11-5)63-77(89)85-69(65-99-59-55-71(87)47-39-33-21-15-9-3)67-103-107(95,96)101-61-57-83-81(93)75-51-45-46-52-76(75)82(94)84-58-62-102-108(97,98)104-68-70(66-100-60-56-72(88)48-40-34-22-16-10-4)86-78(90)64-74(50-42-36-24-18-12-6)106-80(92)54-44-38-32-30-28-26-20-14-8-2;;;;/h29-32,45-46,51-52,69-74,87-88H,7-28,33-44,47-50,53-68H2,1-6H3,(H,83,93)(H,84,94)(H,85,89)(H,86,90)(H,95,96)(H,97,98);;;;/q;2*+1;2*-1/b31-29+,32-30+;;;;/t69?,70?,71-,72-,73-,74-;;;;/m1..../s1. The molecule has 8 N–H and O–H groups in total. The Hall–Kier alpha value is -2.42. The molecular formula is C82H150N4Na2O20P2. The van der Waals surface area contributed by atoms with E-state index in [1.165, 1.54) is 62.8 Å². The van der Waals surface area contributed by atoms with E-state index in [0.29, 0.717) is 51.4 Å². The molecule has 0 aliphatic rings. The fraction of sp³-hybridized carbons (Fsp3) is 0.805. The van der Waals surface area contributed by atoms with E-state index in [9.17, 15) is 57.9 Å². The van der Waals surface area contributed by atoms with Gasteiger partial charge in [-0.3, -0.25) is 46.9 Å². The molecule has 0 radical (unpaired) electrons. The smallest absolute Gasteiger partial charge is 1.00 e. The second kappa shape index (κ2) is 75.3. The Morgan fingerprint density at radius 2 is 0.709 bits per heavy atom. The van der Waals surface area contributed by atoms with Crippen LogP contribution in [-0.4, -0.2) is 158 Å². The first kappa shape index (κ1) is 110. The van der Waals surface area contributed by atoms with E-state index < -0.39 is 102 Å². The van der Waals surface area contributed by atoms with Gasteiger partial charge in [0.25, 0.3) is 11.8 Å². The number of carbonyl (C=O) groups excluding carboxylic acids is 6. The number of unbranched alkanes of at least 4 members (excludes halogenated alkanes) is 26. The Morgan fingerprint density at radius 1 is 0.400 bits per heavy atom. The van der Waals surface area contributed by atoms with Crippen molar-refractivity contribution in [1.29, 1.82) is 0 Å². The van der Waals surface area contributed by atoms with Gasteiger partial charge < -0.3 is 63.1 Å². The Balaban J connectivity index is -0.0000146. The van der Waals surface area contributed by atoms with E-state index in [2.05, 4.69) is 87.1 Å². The molecule has 630 valence electrons. The number of amides is 4. The van der Waals surface area contributed by atoms with Crippen LogP contribution >= 0.6 is 15.6 Å². The van der Waals surface area contributed by atoms with Gasteiger partial charge in [-0.15, -0.1) is 0 Å². The fourth-order valence-corrected chi connectivity index (χ4v) is 13.5. The Labute approximate surface area is 710 Å². The zero-order chi connectivity index (χ0) is 79.4. The van der Waals surface area contributed by atoms with Crippen LogP contribution in [0.2, 0.25) is 0 Å². The van der Waals surface area contributed by atoms with Crippen molar-refractivity contribution in [2.75, 3.05) is 65.9 Å². The number of carbonyl (C=O) groups is 6. The number of rotatable bonds is 76. The van der Waals surface area contributed by atoms with Crippen LogP contribution in [0.15, 0.2) is 48.6 Å². The zero-order valence-corrected chi connectivity index (χ0v) is 75.3. The Bertz CT molecular complexity index is 2460. The quantitative estimate of drug-likeness (QED) is 0.00987. The van der Waals surface area contributed by atoms with Gasteiger partial charge in [0.1, 0.15) is 12.2 Å². The number of benzene rings is 1. The molecular weight excluding hydrogens is 1470 g/mol. The SMILES string of the molecule is CCCCCC/C=C/CCCC(=O)O[C@H](CCCCCCC)CC(=O)NC(COCC[C@H](O)CCCCCCC)COP(=O)(O)OCCNC(=O)c1ccccc1C(=O)NCCOP(=O)(O)OCC(COCC[C@H](O)CCCCCCC)NC(=O)C[C@@H](CCCCCCC)OC(=O)CCC/C=C/CCCCCC.[H-].[H-].[Na+].[Na+]. The van der Waals surface area contributed by atoms with Crippen molar-refractivity contribution in [2.24, 2.45) is 0 Å². The molecule has 0 spiro atoms. The summed E-state index contributed by atoms with van der Waals surface area (Å²) in [5, 5.41) is 32.0. The summed E-state index contributed by atoms with van der Waals surface area (Å²) in [4.78, 5) is 102. The summed E-state index contributed by atoms with van der Waals surface area (Å²) in [6.45, 7) is 10.2. The first-order chi connectivity index (χ1) is 52.2. The first-order valence-electron chi connectivity index (χ1n) is 41.9. The first-order valence-corrected chi connectivity index (χ1v) is 44.9. The van der Waals surface area contributed by atoms with Gasteiger partial charge in [0, 0.05) is 39.1 Å². The number of phosphoric acid groups is 2. The van der Waals surface area contributed by atoms with E-state index in [0.717, 1.165) is 167 Å². The third-order valence-electron chi connectivity index (χ3n) is 18.4. The van der Waals surface area contributed by atoms with Gasteiger partial charge in [-0.1, -0.05) is 232 Å². The van der Waals surface area contributed by atoms with Crippen LogP contribution in [0.5, 0.6) is 0 Å². The van der Waals surface area contributed by atoms with Crippen molar-refractivity contribution in [1.82, 2.24) is 21.3 Å². The zero-order valence-electron chi connectivity index (χ0n) is 71.5. The number of nitrogens with one attached hydrogen (secondary N) is 4.